The molecule has 0 fully saturated rings. The van der Waals surface area contributed by atoms with Crippen molar-refractivity contribution in [1.82, 2.24) is 0 Å². The van der Waals surface area contributed by atoms with Gasteiger partial charge in [-0.25, -0.2) is 0 Å². The molecule has 0 amide bonds. The van der Waals surface area contributed by atoms with Gasteiger partial charge in [-0.15, -0.1) is 0 Å². The van der Waals surface area contributed by atoms with Crippen molar-refractivity contribution in [3.05, 3.63) is 45.7 Å². The number of nitro groups is 1. The third-order valence-electron chi connectivity index (χ3n) is 2.07. The van der Waals surface area contributed by atoms with Crippen LogP contribution in [0.5, 0.6) is 0 Å². The molecule has 0 aromatic carbocycles. The van der Waals surface area contributed by atoms with E-state index >= 15 is 0 Å². The SMILES string of the molecule is COCC/C(C)=C/C=C(\C=C\CCN)[N+](=O)[O-]. The maximum atomic E-state index is 10.7. The van der Waals surface area contributed by atoms with E-state index < -0.39 is 4.92 Å². The highest BCUT2D eigenvalue weighted by molar-refractivity contribution is 5.20. The highest BCUT2D eigenvalue weighted by Gasteiger charge is 2.03. The van der Waals surface area contributed by atoms with Crippen LogP contribution in [0.25, 0.3) is 0 Å². The van der Waals surface area contributed by atoms with Gasteiger partial charge in [0.2, 0.25) is 0 Å². The van der Waals surface area contributed by atoms with Gasteiger partial charge in [0.1, 0.15) is 0 Å². The van der Waals surface area contributed by atoms with Crippen LogP contribution in [0, 0.1) is 10.1 Å². The van der Waals surface area contributed by atoms with Gasteiger partial charge in [0.25, 0.3) is 5.70 Å². The van der Waals surface area contributed by atoms with Gasteiger partial charge in [0, 0.05) is 25.9 Å². The van der Waals surface area contributed by atoms with E-state index in [-0.39, 0.29) is 5.70 Å². The third kappa shape index (κ3) is 8.36. The number of nitrogens with zero attached hydrogens (tertiary/aromatic N) is 1. The van der Waals surface area contributed by atoms with E-state index in [1.165, 1.54) is 12.2 Å². The summed E-state index contributed by atoms with van der Waals surface area (Å²) in [6.45, 7) is 3.02. The highest BCUT2D eigenvalue weighted by Crippen LogP contribution is 2.04. The van der Waals surface area contributed by atoms with E-state index in [4.69, 9.17) is 10.5 Å². The molecular weight excluding hydrogens is 220 g/mol. The van der Waals surface area contributed by atoms with Crippen LogP contribution in [0.3, 0.4) is 0 Å². The van der Waals surface area contributed by atoms with E-state index in [0.29, 0.717) is 19.6 Å². The topological polar surface area (TPSA) is 78.4 Å². The predicted molar refractivity (Wildman–Crippen MR) is 68.1 cm³/mol. The smallest absolute Gasteiger partial charge is 0.269 e. The highest BCUT2D eigenvalue weighted by atomic mass is 16.6. The molecule has 0 radical (unpaired) electrons. The van der Waals surface area contributed by atoms with Crippen molar-refractivity contribution in [1.29, 1.82) is 0 Å². The Balaban J connectivity index is 4.53. The van der Waals surface area contributed by atoms with Gasteiger partial charge in [-0.05, 0) is 26.3 Å². The van der Waals surface area contributed by atoms with Crippen LogP contribution in [0.2, 0.25) is 0 Å². The first kappa shape index (κ1) is 15.5. The van der Waals surface area contributed by atoms with Crippen LogP contribution in [-0.2, 0) is 4.74 Å². The lowest BCUT2D eigenvalue weighted by atomic mass is 10.2. The molecule has 0 saturated carbocycles. The molecule has 0 bridgehead atoms. The number of hydrogen-bond acceptors (Lipinski definition) is 4. The zero-order valence-electron chi connectivity index (χ0n) is 10.4. The van der Waals surface area contributed by atoms with Crippen LogP contribution in [0.1, 0.15) is 19.8 Å². The molecule has 0 aliphatic rings. The van der Waals surface area contributed by atoms with Gasteiger partial charge < -0.3 is 10.5 Å². The van der Waals surface area contributed by atoms with Crippen molar-refractivity contribution < 1.29 is 9.66 Å². The molecule has 0 aromatic heterocycles. The summed E-state index contributed by atoms with van der Waals surface area (Å²) >= 11 is 0. The first-order chi connectivity index (χ1) is 8.11. The average molecular weight is 240 g/mol. The minimum atomic E-state index is -0.410. The van der Waals surface area contributed by atoms with Crippen molar-refractivity contribution in [3.8, 4) is 0 Å². The maximum Gasteiger partial charge on any atom is 0.269 e. The van der Waals surface area contributed by atoms with Gasteiger partial charge in [-0.2, -0.15) is 0 Å². The van der Waals surface area contributed by atoms with E-state index in [0.717, 1.165) is 12.0 Å². The summed E-state index contributed by atoms with van der Waals surface area (Å²) in [6.07, 6.45) is 7.82. The van der Waals surface area contributed by atoms with Gasteiger partial charge in [0.15, 0.2) is 0 Å². The summed E-state index contributed by atoms with van der Waals surface area (Å²) in [5.74, 6) is 0. The number of methoxy groups -OCH3 is 1. The fourth-order valence-electron chi connectivity index (χ4n) is 1.05. The Morgan fingerprint density at radius 3 is 2.71 bits per heavy atom. The lowest BCUT2D eigenvalue weighted by molar-refractivity contribution is -0.419. The van der Waals surface area contributed by atoms with Gasteiger partial charge in [-0.1, -0.05) is 17.7 Å². The number of hydrogen-bond donors (Lipinski definition) is 1. The first-order valence-electron chi connectivity index (χ1n) is 5.49. The van der Waals surface area contributed by atoms with Gasteiger partial charge >= 0.3 is 0 Å². The molecule has 0 unspecified atom stereocenters. The molecule has 0 aliphatic heterocycles. The Hall–Kier alpha value is -1.46. The second-order valence-electron chi connectivity index (χ2n) is 3.58. The van der Waals surface area contributed by atoms with Crippen molar-refractivity contribution in [3.63, 3.8) is 0 Å². The van der Waals surface area contributed by atoms with E-state index in [1.807, 2.05) is 6.92 Å². The number of nitrogens with two attached hydrogens (primary N) is 1. The number of rotatable bonds is 8. The zero-order valence-corrected chi connectivity index (χ0v) is 10.4. The Kier molecular flexibility index (Phi) is 8.91. The molecule has 0 spiro atoms. The molecule has 5 heteroatoms. The Morgan fingerprint density at radius 2 is 2.18 bits per heavy atom. The fourth-order valence-corrected chi connectivity index (χ4v) is 1.05. The molecule has 0 atom stereocenters. The van der Waals surface area contributed by atoms with Crippen LogP contribution in [-0.4, -0.2) is 25.2 Å². The molecule has 5 nitrogen and oxygen atoms in total. The molecular formula is C12H20N2O3. The summed E-state index contributed by atoms with van der Waals surface area (Å²) in [7, 11) is 1.63. The van der Waals surface area contributed by atoms with E-state index in [2.05, 4.69) is 0 Å². The van der Waals surface area contributed by atoms with Crippen LogP contribution in [0.15, 0.2) is 35.6 Å². The minimum absolute atomic E-state index is 0.0650. The standard InChI is InChI=1S/C12H20N2O3/c1-11(8-10-17-2)6-7-12(14(15)16)5-3-4-9-13/h3,5-7H,4,8-10,13H2,1-2H3/b5-3+,11-6+,12-7+. The van der Waals surface area contributed by atoms with Crippen LogP contribution >= 0.6 is 0 Å². The van der Waals surface area contributed by atoms with Crippen molar-refractivity contribution in [2.24, 2.45) is 5.73 Å². The van der Waals surface area contributed by atoms with Crippen LogP contribution in [0.4, 0.5) is 0 Å². The molecule has 0 rings (SSSR count). The first-order valence-corrected chi connectivity index (χ1v) is 5.49. The van der Waals surface area contributed by atoms with E-state index in [1.54, 1.807) is 19.3 Å². The summed E-state index contributed by atoms with van der Waals surface area (Å²) in [5.41, 5.74) is 6.41. The van der Waals surface area contributed by atoms with E-state index in [9.17, 15) is 10.1 Å². The molecule has 0 heterocycles. The summed E-state index contributed by atoms with van der Waals surface area (Å²) in [4.78, 5) is 10.3. The lowest BCUT2D eigenvalue weighted by Crippen LogP contribution is -1.98. The molecule has 0 aliphatic carbocycles. The molecule has 96 valence electrons. The second kappa shape index (κ2) is 9.74. The number of allylic oxidation sites excluding steroid dienone is 3. The summed E-state index contributed by atoms with van der Waals surface area (Å²) in [5, 5.41) is 10.7. The number of ether oxygens (including phenoxy) is 1. The summed E-state index contributed by atoms with van der Waals surface area (Å²) < 4.78 is 4.92. The fraction of sp³-hybridized carbons (Fsp3) is 0.500. The van der Waals surface area contributed by atoms with Crippen molar-refractivity contribution >= 4 is 0 Å². The summed E-state index contributed by atoms with van der Waals surface area (Å²) in [6, 6.07) is 0. The Bertz CT molecular complexity index is 320. The molecule has 0 aromatic rings. The monoisotopic (exact) mass is 240 g/mol. The Morgan fingerprint density at radius 1 is 1.47 bits per heavy atom. The van der Waals surface area contributed by atoms with Gasteiger partial charge in [-0.3, -0.25) is 10.1 Å². The quantitative estimate of drug-likeness (QED) is 0.400. The van der Waals surface area contributed by atoms with Crippen molar-refractivity contribution in [2.75, 3.05) is 20.3 Å². The zero-order chi connectivity index (χ0) is 13.1. The van der Waals surface area contributed by atoms with Crippen LogP contribution < -0.4 is 5.73 Å². The lowest BCUT2D eigenvalue weighted by Gasteiger charge is -1.97. The largest absolute Gasteiger partial charge is 0.384 e. The average Bonchev–Trinajstić information content (AvgIpc) is 2.30. The Labute approximate surface area is 102 Å². The van der Waals surface area contributed by atoms with Crippen molar-refractivity contribution in [2.45, 2.75) is 19.8 Å². The molecule has 2 N–H and O–H groups in total. The normalized spacial score (nSPS) is 13.4. The maximum absolute atomic E-state index is 10.7. The molecule has 17 heavy (non-hydrogen) atoms. The molecule has 0 saturated heterocycles. The predicted octanol–water partition coefficient (Wildman–Crippen LogP) is 2.03. The van der Waals surface area contributed by atoms with Gasteiger partial charge in [0.05, 0.1) is 4.92 Å². The second-order valence-corrected chi connectivity index (χ2v) is 3.58. The third-order valence-corrected chi connectivity index (χ3v) is 2.07. The minimum Gasteiger partial charge on any atom is -0.384 e.